The van der Waals surface area contributed by atoms with Crippen LogP contribution in [0, 0.1) is 0 Å². The van der Waals surface area contributed by atoms with Crippen LogP contribution in [0.1, 0.15) is 34.7 Å². The lowest BCUT2D eigenvalue weighted by Gasteiger charge is -2.28. The van der Waals surface area contributed by atoms with Gasteiger partial charge in [-0.1, -0.05) is 17.3 Å². The molecule has 0 radical (unpaired) electrons. The molecule has 1 aromatic carbocycles. The molecule has 1 aliphatic rings. The maximum absolute atomic E-state index is 12.2. The van der Waals surface area contributed by atoms with E-state index in [4.69, 9.17) is 4.52 Å². The third-order valence-electron chi connectivity index (χ3n) is 4.26. The highest BCUT2D eigenvalue weighted by molar-refractivity contribution is 5.92. The Bertz CT molecular complexity index is 792. The van der Waals surface area contributed by atoms with Crippen molar-refractivity contribution in [3.8, 4) is 5.75 Å². The zero-order valence-electron chi connectivity index (χ0n) is 14.9. The Morgan fingerprint density at radius 2 is 2.11 bits per heavy atom. The summed E-state index contributed by atoms with van der Waals surface area (Å²) < 4.78 is 45.4. The number of piperidine rings is 1. The molecule has 1 saturated heterocycles. The smallest absolute Gasteiger partial charge is 0.406 e. The molecule has 1 aliphatic heterocycles. The van der Waals surface area contributed by atoms with Crippen LogP contribution in [0.25, 0.3) is 0 Å². The van der Waals surface area contributed by atoms with Gasteiger partial charge in [-0.2, -0.15) is 0 Å². The van der Waals surface area contributed by atoms with E-state index in [1.807, 2.05) is 4.90 Å². The first-order valence-corrected chi connectivity index (χ1v) is 8.77. The van der Waals surface area contributed by atoms with E-state index in [0.29, 0.717) is 24.4 Å². The quantitative estimate of drug-likeness (QED) is 0.776. The van der Waals surface area contributed by atoms with E-state index >= 15 is 0 Å². The number of carbonyl (C=O) groups is 1. The van der Waals surface area contributed by atoms with Crippen LogP contribution in [-0.2, 0) is 13.1 Å². The van der Waals surface area contributed by atoms with E-state index in [1.54, 1.807) is 0 Å². The summed E-state index contributed by atoms with van der Waals surface area (Å²) in [6.45, 7) is 1.97. The number of rotatable bonds is 6. The van der Waals surface area contributed by atoms with E-state index in [1.165, 1.54) is 30.3 Å². The number of carbonyl (C=O) groups excluding carboxylic acids is 1. The highest BCUT2D eigenvalue weighted by atomic mass is 19.4. The van der Waals surface area contributed by atoms with E-state index in [2.05, 4.69) is 15.2 Å². The highest BCUT2D eigenvalue weighted by Crippen LogP contribution is 2.22. The number of ether oxygens (including phenoxy) is 1. The van der Waals surface area contributed by atoms with Gasteiger partial charge in [0.05, 0.1) is 12.6 Å². The molecule has 152 valence electrons. The summed E-state index contributed by atoms with van der Waals surface area (Å²) in [5.41, 5.74) is 0.721. The molecule has 7 nitrogen and oxygen atoms in total. The van der Waals surface area contributed by atoms with Gasteiger partial charge in [-0.3, -0.25) is 9.69 Å². The van der Waals surface area contributed by atoms with E-state index in [-0.39, 0.29) is 24.1 Å². The summed E-state index contributed by atoms with van der Waals surface area (Å²) in [6.07, 6.45) is -3.42. The molecule has 1 amide bonds. The van der Waals surface area contributed by atoms with Gasteiger partial charge in [-0.15, -0.1) is 13.2 Å². The summed E-state index contributed by atoms with van der Waals surface area (Å²) in [4.78, 5) is 14.2. The van der Waals surface area contributed by atoms with Crippen molar-refractivity contribution in [3.63, 3.8) is 0 Å². The first-order valence-electron chi connectivity index (χ1n) is 8.77. The zero-order chi connectivity index (χ0) is 20.1. The van der Waals surface area contributed by atoms with Crippen LogP contribution in [0.4, 0.5) is 13.2 Å². The Morgan fingerprint density at radius 1 is 1.36 bits per heavy atom. The van der Waals surface area contributed by atoms with Crippen LogP contribution < -0.4 is 10.1 Å². The predicted molar refractivity (Wildman–Crippen MR) is 91.3 cm³/mol. The number of nitrogens with zero attached hydrogens (tertiary/aromatic N) is 2. The van der Waals surface area contributed by atoms with Crippen LogP contribution >= 0.6 is 0 Å². The third kappa shape index (κ3) is 5.96. The highest BCUT2D eigenvalue weighted by Gasteiger charge is 2.31. The third-order valence-corrected chi connectivity index (χ3v) is 4.26. The molecule has 3 rings (SSSR count). The van der Waals surface area contributed by atoms with E-state index in [0.717, 1.165) is 19.4 Å². The first-order chi connectivity index (χ1) is 13.3. The number of nitrogens with one attached hydrogen (secondary N) is 1. The number of hydrogen-bond acceptors (Lipinski definition) is 6. The summed E-state index contributed by atoms with van der Waals surface area (Å²) in [5, 5.41) is 16.1. The topological polar surface area (TPSA) is 87.8 Å². The van der Waals surface area contributed by atoms with Crippen LogP contribution in [0.15, 0.2) is 34.9 Å². The summed E-state index contributed by atoms with van der Waals surface area (Å²) >= 11 is 0. The molecule has 0 aliphatic carbocycles. The minimum Gasteiger partial charge on any atom is -0.406 e. The number of aliphatic hydroxyl groups is 1. The van der Waals surface area contributed by atoms with Gasteiger partial charge in [-0.25, -0.2) is 0 Å². The van der Waals surface area contributed by atoms with Crippen molar-refractivity contribution in [2.45, 2.75) is 38.4 Å². The average molecular weight is 399 g/mol. The van der Waals surface area contributed by atoms with Gasteiger partial charge in [0.25, 0.3) is 5.91 Å². The fraction of sp³-hybridized carbons (Fsp3) is 0.444. The number of benzene rings is 1. The Labute approximate surface area is 159 Å². The van der Waals surface area contributed by atoms with Gasteiger partial charge in [0, 0.05) is 19.2 Å². The number of aromatic nitrogens is 1. The largest absolute Gasteiger partial charge is 0.573 e. The number of alkyl halides is 3. The van der Waals surface area contributed by atoms with Crippen molar-refractivity contribution in [1.29, 1.82) is 0 Å². The molecular weight excluding hydrogens is 379 g/mol. The normalized spacial score (nSPS) is 18.1. The molecule has 2 aromatic rings. The average Bonchev–Trinajstić information content (AvgIpc) is 3.08. The molecule has 0 saturated carbocycles. The van der Waals surface area contributed by atoms with Gasteiger partial charge in [0.1, 0.15) is 5.75 Å². The minimum atomic E-state index is -4.74. The van der Waals surface area contributed by atoms with E-state index < -0.39 is 12.3 Å². The Morgan fingerprint density at radius 3 is 2.79 bits per heavy atom. The van der Waals surface area contributed by atoms with Crippen LogP contribution in [0.2, 0.25) is 0 Å². The summed E-state index contributed by atoms with van der Waals surface area (Å²) in [6, 6.07) is 6.75. The van der Waals surface area contributed by atoms with Crippen LogP contribution in [-0.4, -0.2) is 46.6 Å². The molecule has 1 aromatic heterocycles. The number of aliphatic hydroxyl groups excluding tert-OH is 1. The number of likely N-dealkylation sites (tertiary alicyclic amines) is 1. The lowest BCUT2D eigenvalue weighted by Crippen LogP contribution is -2.37. The van der Waals surface area contributed by atoms with Crippen LogP contribution in [0.3, 0.4) is 0 Å². The van der Waals surface area contributed by atoms with Crippen molar-refractivity contribution in [1.82, 2.24) is 15.4 Å². The number of amides is 1. The van der Waals surface area contributed by atoms with Gasteiger partial charge in [-0.05, 0) is 37.1 Å². The molecule has 0 bridgehead atoms. The van der Waals surface area contributed by atoms with Crippen molar-refractivity contribution < 1.29 is 32.3 Å². The molecule has 1 fully saturated rings. The molecular formula is C18H20F3N3O4. The first kappa shape index (κ1) is 20.2. The van der Waals surface area contributed by atoms with Gasteiger partial charge >= 0.3 is 6.36 Å². The van der Waals surface area contributed by atoms with Gasteiger partial charge < -0.3 is 19.7 Å². The second-order valence-electron chi connectivity index (χ2n) is 6.58. The Kier molecular flexibility index (Phi) is 6.20. The molecule has 1 unspecified atom stereocenters. The fourth-order valence-corrected chi connectivity index (χ4v) is 2.97. The molecule has 0 spiro atoms. The monoisotopic (exact) mass is 399 g/mol. The van der Waals surface area contributed by atoms with E-state index in [9.17, 15) is 23.1 Å². The van der Waals surface area contributed by atoms with Crippen LogP contribution in [0.5, 0.6) is 5.75 Å². The van der Waals surface area contributed by atoms with Gasteiger partial charge in [0.15, 0.2) is 11.5 Å². The lowest BCUT2D eigenvalue weighted by atomic mass is 10.1. The Balaban J connectivity index is 1.49. The van der Waals surface area contributed by atoms with Crippen molar-refractivity contribution >= 4 is 5.91 Å². The standard InChI is InChI=1S/C18H20F3N3O4/c19-18(20,21)27-14-5-3-12(4-6-14)9-22-17(26)16-8-15(28-23-16)11-24-7-1-2-13(25)10-24/h3-6,8,13,25H,1-2,7,9-11H2,(H,22,26). The molecule has 28 heavy (non-hydrogen) atoms. The Hall–Kier alpha value is -2.59. The maximum atomic E-state index is 12.2. The minimum absolute atomic E-state index is 0.115. The SMILES string of the molecule is O=C(NCc1ccc(OC(F)(F)F)cc1)c1cc(CN2CCCC(O)C2)on1. The zero-order valence-corrected chi connectivity index (χ0v) is 14.9. The lowest BCUT2D eigenvalue weighted by molar-refractivity contribution is -0.274. The number of hydrogen-bond donors (Lipinski definition) is 2. The second-order valence-corrected chi connectivity index (χ2v) is 6.58. The molecule has 2 N–H and O–H groups in total. The number of halogens is 3. The summed E-state index contributed by atoms with van der Waals surface area (Å²) in [5.74, 6) is -0.260. The fourth-order valence-electron chi connectivity index (χ4n) is 2.97. The molecule has 2 heterocycles. The van der Waals surface area contributed by atoms with Gasteiger partial charge in [0.2, 0.25) is 0 Å². The molecule has 10 heteroatoms. The summed E-state index contributed by atoms with van der Waals surface area (Å²) in [7, 11) is 0. The second kappa shape index (κ2) is 8.61. The predicted octanol–water partition coefficient (Wildman–Crippen LogP) is 2.46. The maximum Gasteiger partial charge on any atom is 0.573 e. The molecule has 1 atom stereocenters. The van der Waals surface area contributed by atoms with Crippen molar-refractivity contribution in [2.75, 3.05) is 13.1 Å². The van der Waals surface area contributed by atoms with Crippen molar-refractivity contribution in [3.05, 3.63) is 47.3 Å². The van der Waals surface area contributed by atoms with Crippen molar-refractivity contribution in [2.24, 2.45) is 0 Å². The number of β-amino-alcohol motifs (C(OH)–C–C–N with tert-alkyl or cyclic N) is 1.